The van der Waals surface area contributed by atoms with E-state index in [1.165, 1.54) is 168 Å². The molecule has 0 saturated heterocycles. The van der Waals surface area contributed by atoms with E-state index in [9.17, 15) is 0 Å². The monoisotopic (exact) mass is 853 g/mol. The minimum absolute atomic E-state index is 0.858. The van der Waals surface area contributed by atoms with Gasteiger partial charge in [-0.05, 0) is 217 Å². The lowest BCUT2D eigenvalue weighted by molar-refractivity contribution is 0.0198. The molecule has 20 fully saturated rings. The topological polar surface area (TPSA) is 0 Å². The molecule has 3 spiro atoms. The van der Waals surface area contributed by atoms with Gasteiger partial charge in [0.1, 0.15) is 0 Å². The first-order valence-corrected chi connectivity index (χ1v) is 30.5. The third-order valence-electron chi connectivity index (χ3n) is 22.6. The highest BCUT2D eigenvalue weighted by molar-refractivity contribution is 4.95. The molecule has 0 aromatic heterocycles. The number of hydrogen-bond donors (Lipinski definition) is 0. The molecule has 10 bridgehead atoms. The Labute approximate surface area is 388 Å². The molecule has 0 N–H and O–H groups in total. The second-order valence-electron chi connectivity index (χ2n) is 27.4. The van der Waals surface area contributed by atoms with Crippen molar-refractivity contribution in [2.75, 3.05) is 0 Å². The maximum atomic E-state index is 1.58. The highest BCUT2D eigenvalue weighted by Crippen LogP contribution is 2.56. The Bertz CT molecular complexity index is 1120. The molecule has 0 heterocycles. The third-order valence-corrected chi connectivity index (χ3v) is 22.6. The average Bonchev–Trinajstić information content (AvgIpc) is 3.84. The zero-order chi connectivity index (χ0) is 41.9. The molecule has 356 valence electrons. The van der Waals surface area contributed by atoms with Gasteiger partial charge in [-0.25, -0.2) is 0 Å². The van der Waals surface area contributed by atoms with Crippen molar-refractivity contribution in [1.82, 2.24) is 0 Å². The van der Waals surface area contributed by atoms with E-state index in [-0.39, 0.29) is 0 Å². The summed E-state index contributed by atoms with van der Waals surface area (Å²) in [6, 6.07) is 0. The standard InChI is InChI=1S/C11H20.C10H18.2C8H14.2C7H12.C6H10.C5H8/c1-3-7-11(8-4-1)9-5-2-6-10-11;1-2-6-10(7-3-1)8-4-5-9-10;1-2-4-8-5-7(3-1)6-8;1-2-4-8(5-3-1)6-7-8;1-2-7-4-3-6(1)5-7;1-2-6-4-7(3-1)5-6;1-2-6-3-5(1)4-6;1-4-2-5(1)3-4/h1-10H2;1-9H2;7-8H,1-6H2;1-7H2;2*6-7H,1-5H2;5-6H,1-4H2;4-5H,1-3H2. The normalized spacial score (nSPS) is 41.0. The smallest absolute Gasteiger partial charge is 0.0297 e. The molecule has 62 heavy (non-hydrogen) atoms. The average molecular weight is 854 g/mol. The minimum Gasteiger partial charge on any atom is -0.0533 e. The largest absolute Gasteiger partial charge is 0.0533 e. The maximum Gasteiger partial charge on any atom is -0.0297 e. The summed E-state index contributed by atoms with van der Waals surface area (Å²) in [5.41, 5.74) is 2.66. The molecule has 0 aromatic rings. The van der Waals surface area contributed by atoms with Crippen molar-refractivity contribution in [3.05, 3.63) is 0 Å². The van der Waals surface area contributed by atoms with Crippen molar-refractivity contribution in [3.63, 3.8) is 0 Å². The van der Waals surface area contributed by atoms with Gasteiger partial charge in [-0.15, -0.1) is 0 Å². The van der Waals surface area contributed by atoms with Crippen molar-refractivity contribution in [2.45, 2.75) is 315 Å². The van der Waals surface area contributed by atoms with E-state index < -0.39 is 0 Å². The van der Waals surface area contributed by atoms with Gasteiger partial charge in [0.05, 0.1) is 0 Å². The summed E-state index contributed by atoms with van der Waals surface area (Å²) in [6.07, 6.45) is 76.1. The van der Waals surface area contributed by atoms with Gasteiger partial charge >= 0.3 is 0 Å². The van der Waals surface area contributed by atoms with E-state index in [4.69, 9.17) is 0 Å². The molecular weight excluding hydrogens is 745 g/mol. The molecule has 0 nitrogen and oxygen atoms in total. The van der Waals surface area contributed by atoms with Crippen molar-refractivity contribution >= 4 is 0 Å². The van der Waals surface area contributed by atoms with Crippen LogP contribution < -0.4 is 0 Å². The molecule has 0 radical (unpaired) electrons. The lowest BCUT2D eigenvalue weighted by Gasteiger charge is -2.49. The van der Waals surface area contributed by atoms with E-state index in [1.807, 2.05) is 0 Å². The zero-order valence-electron chi connectivity index (χ0n) is 41.9. The fraction of sp³-hybridized carbons (Fsp3) is 1.00. The van der Waals surface area contributed by atoms with E-state index >= 15 is 0 Å². The molecule has 0 amide bonds. The van der Waals surface area contributed by atoms with Crippen LogP contribution in [0.5, 0.6) is 0 Å². The van der Waals surface area contributed by atoms with Gasteiger partial charge in [-0.3, -0.25) is 0 Å². The number of rotatable bonds is 0. The first-order chi connectivity index (χ1) is 30.5. The second-order valence-corrected chi connectivity index (χ2v) is 27.4. The SMILES string of the molecule is C1C2CC1C2.C1CC2CC(C1)C2.C1CC2CC1C2.C1CC2CCC1C2.C1CCC2(CC1)CC2.C1CCC2(CC1)CCCC2.C1CCC2(CC1)CCCCC2.C1CCC2CC(C1)C2. The van der Waals surface area contributed by atoms with Crippen LogP contribution in [0.15, 0.2) is 0 Å². The summed E-state index contributed by atoms with van der Waals surface area (Å²) in [7, 11) is 0. The van der Waals surface area contributed by atoms with Gasteiger partial charge in [0.25, 0.3) is 0 Å². The molecule has 0 atom stereocenters. The predicted octanol–water partition coefficient (Wildman–Crippen LogP) is 20.3. The van der Waals surface area contributed by atoms with E-state index in [0.29, 0.717) is 0 Å². The Kier molecular flexibility index (Phi) is 17.7. The van der Waals surface area contributed by atoms with Gasteiger partial charge in [0.2, 0.25) is 0 Å². The Morgan fingerprint density at radius 1 is 0.145 bits per heavy atom. The van der Waals surface area contributed by atoms with Gasteiger partial charge in [0.15, 0.2) is 0 Å². The molecule has 0 unspecified atom stereocenters. The van der Waals surface area contributed by atoms with Gasteiger partial charge in [0, 0.05) is 0 Å². The van der Waals surface area contributed by atoms with Crippen molar-refractivity contribution in [3.8, 4) is 0 Å². The van der Waals surface area contributed by atoms with Crippen molar-refractivity contribution in [2.24, 2.45) is 75.4 Å². The van der Waals surface area contributed by atoms with Crippen LogP contribution in [0.3, 0.4) is 0 Å². The van der Waals surface area contributed by atoms with Gasteiger partial charge in [-0.2, -0.15) is 0 Å². The summed E-state index contributed by atoms with van der Waals surface area (Å²) in [6.45, 7) is 0. The Hall–Kier alpha value is 0. The van der Waals surface area contributed by atoms with E-state index in [2.05, 4.69) is 0 Å². The first kappa shape index (κ1) is 47.1. The molecule has 0 heteroatoms. The lowest BCUT2D eigenvalue weighted by atomic mass is 9.56. The maximum absolute atomic E-state index is 1.58. The Morgan fingerprint density at radius 2 is 0.339 bits per heavy atom. The lowest BCUT2D eigenvalue weighted by Crippen LogP contribution is -2.38. The van der Waals surface area contributed by atoms with Crippen LogP contribution in [-0.2, 0) is 0 Å². The highest BCUT2D eigenvalue weighted by atomic mass is 14.5. The van der Waals surface area contributed by atoms with Crippen LogP contribution in [0.2, 0.25) is 0 Å². The first-order valence-electron chi connectivity index (χ1n) is 30.5. The number of fused-ring (bicyclic) bond motifs is 8. The fourth-order valence-electron chi connectivity index (χ4n) is 17.5. The van der Waals surface area contributed by atoms with Crippen molar-refractivity contribution in [1.29, 1.82) is 0 Å². The summed E-state index contributed by atoms with van der Waals surface area (Å²) in [5, 5.41) is 0. The third kappa shape index (κ3) is 14.0. The quantitative estimate of drug-likeness (QED) is 0.228. The molecular formula is C62H108. The fourth-order valence-corrected chi connectivity index (χ4v) is 17.5. The second kappa shape index (κ2) is 23.3. The number of hydrogen-bond acceptors (Lipinski definition) is 0. The van der Waals surface area contributed by atoms with Crippen LogP contribution in [0, 0.1) is 75.4 Å². The molecule has 0 aliphatic heterocycles. The minimum atomic E-state index is 0.858. The molecule has 20 aliphatic carbocycles. The highest BCUT2D eigenvalue weighted by Gasteiger charge is 2.43. The summed E-state index contributed by atoms with van der Waals surface area (Å²) in [5.74, 6) is 11.8. The molecule has 20 aliphatic rings. The molecule has 20 rings (SSSR count). The van der Waals surface area contributed by atoms with Crippen LogP contribution in [-0.4, -0.2) is 0 Å². The van der Waals surface area contributed by atoms with E-state index in [1.54, 1.807) is 205 Å². The predicted molar refractivity (Wildman–Crippen MR) is 268 cm³/mol. The van der Waals surface area contributed by atoms with Crippen molar-refractivity contribution < 1.29 is 0 Å². The summed E-state index contributed by atoms with van der Waals surface area (Å²) < 4.78 is 0. The Morgan fingerprint density at radius 3 is 0.516 bits per heavy atom. The van der Waals surface area contributed by atoms with Gasteiger partial charge in [-0.1, -0.05) is 173 Å². The van der Waals surface area contributed by atoms with Crippen LogP contribution in [0.25, 0.3) is 0 Å². The Balaban J connectivity index is 0.0000000911. The van der Waals surface area contributed by atoms with Crippen LogP contribution in [0.1, 0.15) is 315 Å². The summed E-state index contributed by atoms with van der Waals surface area (Å²) in [4.78, 5) is 0. The summed E-state index contributed by atoms with van der Waals surface area (Å²) >= 11 is 0. The van der Waals surface area contributed by atoms with E-state index in [0.717, 1.165) is 16.2 Å². The molecule has 0 aromatic carbocycles. The zero-order valence-corrected chi connectivity index (χ0v) is 41.9. The molecule has 20 saturated carbocycles. The van der Waals surface area contributed by atoms with Crippen LogP contribution in [0.4, 0.5) is 0 Å². The van der Waals surface area contributed by atoms with Crippen LogP contribution >= 0.6 is 0 Å². The van der Waals surface area contributed by atoms with Gasteiger partial charge < -0.3 is 0 Å².